The summed E-state index contributed by atoms with van der Waals surface area (Å²) < 4.78 is 2.12. The van der Waals surface area contributed by atoms with Crippen LogP contribution in [-0.4, -0.2) is 51.3 Å². The van der Waals surface area contributed by atoms with Gasteiger partial charge >= 0.3 is 6.03 Å². The summed E-state index contributed by atoms with van der Waals surface area (Å²) in [5.41, 5.74) is 0. The van der Waals surface area contributed by atoms with Crippen LogP contribution in [0.15, 0.2) is 12.4 Å². The second-order valence-corrected chi connectivity index (χ2v) is 6.20. The van der Waals surface area contributed by atoms with Crippen molar-refractivity contribution >= 4 is 6.03 Å². The molecule has 1 aromatic rings. The van der Waals surface area contributed by atoms with Gasteiger partial charge in [0, 0.05) is 44.5 Å². The fourth-order valence-corrected chi connectivity index (χ4v) is 2.94. The first-order valence-corrected chi connectivity index (χ1v) is 8.26. The lowest BCUT2D eigenvalue weighted by atomic mass is 9.94. The Kier molecular flexibility index (Phi) is 6.24. The molecule has 124 valence electrons. The van der Waals surface area contributed by atoms with E-state index >= 15 is 0 Å². The topological polar surface area (TPSA) is 70.4 Å². The summed E-state index contributed by atoms with van der Waals surface area (Å²) in [6, 6.07) is 0.00385. The number of imidazole rings is 1. The van der Waals surface area contributed by atoms with Gasteiger partial charge in [-0.05, 0) is 39.5 Å². The van der Waals surface area contributed by atoms with Gasteiger partial charge in [-0.2, -0.15) is 0 Å². The lowest BCUT2D eigenvalue weighted by Crippen LogP contribution is -2.47. The molecular formula is C16H28N4O2. The number of hydrogen-bond acceptors (Lipinski definition) is 3. The van der Waals surface area contributed by atoms with Gasteiger partial charge < -0.3 is 19.9 Å². The predicted octanol–water partition coefficient (Wildman–Crippen LogP) is 1.77. The Morgan fingerprint density at radius 3 is 3.05 bits per heavy atom. The molecule has 0 spiro atoms. The van der Waals surface area contributed by atoms with Crippen LogP contribution in [0.5, 0.6) is 0 Å². The Hall–Kier alpha value is -1.56. The van der Waals surface area contributed by atoms with Crippen molar-refractivity contribution in [1.82, 2.24) is 19.8 Å². The molecule has 2 amide bonds. The molecule has 0 bridgehead atoms. The van der Waals surface area contributed by atoms with Gasteiger partial charge in [0.15, 0.2) is 0 Å². The highest BCUT2D eigenvalue weighted by Gasteiger charge is 2.26. The van der Waals surface area contributed by atoms with Gasteiger partial charge in [0.05, 0.1) is 6.10 Å². The number of nitrogens with one attached hydrogen (secondary N) is 1. The zero-order chi connectivity index (χ0) is 15.9. The van der Waals surface area contributed by atoms with Crippen molar-refractivity contribution < 1.29 is 9.90 Å². The van der Waals surface area contributed by atoms with E-state index in [2.05, 4.69) is 14.9 Å². The van der Waals surface area contributed by atoms with Gasteiger partial charge in [-0.15, -0.1) is 0 Å². The summed E-state index contributed by atoms with van der Waals surface area (Å²) in [7, 11) is 0. The van der Waals surface area contributed by atoms with Crippen LogP contribution in [0.2, 0.25) is 0 Å². The number of aliphatic hydroxyl groups excluding tert-OH is 1. The summed E-state index contributed by atoms with van der Waals surface area (Å²) in [5, 5.41) is 12.7. The Morgan fingerprint density at radius 2 is 2.36 bits per heavy atom. The second kappa shape index (κ2) is 8.17. The van der Waals surface area contributed by atoms with Crippen molar-refractivity contribution in [1.29, 1.82) is 0 Å². The van der Waals surface area contributed by atoms with Gasteiger partial charge in [0.25, 0.3) is 0 Å². The molecule has 2 heterocycles. The van der Waals surface area contributed by atoms with Gasteiger partial charge in [-0.25, -0.2) is 9.78 Å². The number of rotatable bonds is 6. The van der Waals surface area contributed by atoms with Crippen molar-refractivity contribution in [2.45, 2.75) is 52.2 Å². The Labute approximate surface area is 132 Å². The van der Waals surface area contributed by atoms with Crippen LogP contribution in [0.1, 0.15) is 38.4 Å². The highest BCUT2D eigenvalue weighted by molar-refractivity contribution is 5.74. The fourth-order valence-electron chi connectivity index (χ4n) is 2.94. The van der Waals surface area contributed by atoms with Crippen molar-refractivity contribution in [3.8, 4) is 0 Å². The number of aromatic nitrogens is 2. The lowest BCUT2D eigenvalue weighted by molar-refractivity contribution is 0.0739. The van der Waals surface area contributed by atoms with E-state index in [1.165, 1.54) is 0 Å². The van der Waals surface area contributed by atoms with Gasteiger partial charge in [0.1, 0.15) is 5.82 Å². The summed E-state index contributed by atoms with van der Waals surface area (Å²) in [6.07, 6.45) is 7.41. The number of aryl methyl sites for hydroxylation is 2. The predicted molar refractivity (Wildman–Crippen MR) is 85.6 cm³/mol. The molecule has 0 aromatic carbocycles. The van der Waals surface area contributed by atoms with E-state index in [9.17, 15) is 9.90 Å². The van der Waals surface area contributed by atoms with Crippen LogP contribution in [-0.2, 0) is 6.54 Å². The second-order valence-electron chi connectivity index (χ2n) is 6.20. The van der Waals surface area contributed by atoms with E-state index in [0.717, 1.165) is 44.6 Å². The first-order valence-electron chi connectivity index (χ1n) is 8.26. The molecule has 1 aliphatic rings. The molecule has 2 rings (SSSR count). The molecular weight excluding hydrogens is 280 g/mol. The molecule has 1 aliphatic heterocycles. The van der Waals surface area contributed by atoms with E-state index in [1.54, 1.807) is 0 Å². The highest BCUT2D eigenvalue weighted by atomic mass is 16.3. The van der Waals surface area contributed by atoms with Crippen molar-refractivity contribution in [2.75, 3.05) is 19.6 Å². The quantitative estimate of drug-likeness (QED) is 0.787. The third-order valence-electron chi connectivity index (χ3n) is 4.45. The molecule has 22 heavy (non-hydrogen) atoms. The number of piperidine rings is 1. The summed E-state index contributed by atoms with van der Waals surface area (Å²) in [5.74, 6) is 1.24. The minimum absolute atomic E-state index is 0.00385. The molecule has 0 saturated carbocycles. The van der Waals surface area contributed by atoms with E-state index in [-0.39, 0.29) is 18.1 Å². The third-order valence-corrected chi connectivity index (χ3v) is 4.45. The normalized spacial score (nSPS) is 20.0. The maximum atomic E-state index is 12.1. The zero-order valence-corrected chi connectivity index (χ0v) is 13.7. The van der Waals surface area contributed by atoms with Crippen LogP contribution in [0, 0.1) is 12.8 Å². The van der Waals surface area contributed by atoms with Gasteiger partial charge in [-0.1, -0.05) is 0 Å². The van der Waals surface area contributed by atoms with E-state index < -0.39 is 0 Å². The number of aliphatic hydroxyl groups is 1. The maximum Gasteiger partial charge on any atom is 0.317 e. The molecule has 0 radical (unpaired) electrons. The number of urea groups is 1. The molecule has 6 nitrogen and oxygen atoms in total. The average Bonchev–Trinajstić information content (AvgIpc) is 2.92. The number of amides is 2. The van der Waals surface area contributed by atoms with Crippen molar-refractivity contribution in [2.24, 2.45) is 5.92 Å². The number of carbonyl (C=O) groups is 1. The van der Waals surface area contributed by atoms with E-state index in [0.29, 0.717) is 13.1 Å². The highest BCUT2D eigenvalue weighted by Crippen LogP contribution is 2.19. The number of unbranched alkanes of at least 4 members (excludes halogenated alkanes) is 1. The standard InChI is InChI=1S/C16H28N4O2/c1-13(21)15-6-5-10-20(12-15)16(22)18-7-3-4-9-19-11-8-17-14(19)2/h8,11,13,15,21H,3-7,9-10,12H2,1-2H3,(H,18,22). The largest absolute Gasteiger partial charge is 0.393 e. The molecule has 1 saturated heterocycles. The average molecular weight is 308 g/mol. The van der Waals surface area contributed by atoms with Crippen molar-refractivity contribution in [3.05, 3.63) is 18.2 Å². The van der Waals surface area contributed by atoms with Crippen molar-refractivity contribution in [3.63, 3.8) is 0 Å². The molecule has 6 heteroatoms. The minimum atomic E-state index is -0.339. The van der Waals surface area contributed by atoms with Gasteiger partial charge in [0.2, 0.25) is 0 Å². The summed E-state index contributed by atoms with van der Waals surface area (Å²) in [4.78, 5) is 18.2. The van der Waals surface area contributed by atoms with Gasteiger partial charge in [-0.3, -0.25) is 0 Å². The van der Waals surface area contributed by atoms with Crippen LogP contribution in [0.4, 0.5) is 4.79 Å². The number of likely N-dealkylation sites (tertiary alicyclic amines) is 1. The first-order chi connectivity index (χ1) is 10.6. The summed E-state index contributed by atoms with van der Waals surface area (Å²) in [6.45, 7) is 6.90. The number of hydrogen-bond donors (Lipinski definition) is 2. The minimum Gasteiger partial charge on any atom is -0.393 e. The summed E-state index contributed by atoms with van der Waals surface area (Å²) >= 11 is 0. The monoisotopic (exact) mass is 308 g/mol. The van der Waals surface area contributed by atoms with E-state index in [4.69, 9.17) is 0 Å². The smallest absolute Gasteiger partial charge is 0.317 e. The lowest BCUT2D eigenvalue weighted by Gasteiger charge is -2.34. The Balaban J connectivity index is 1.62. The van der Waals surface area contributed by atoms with E-state index in [1.807, 2.05) is 31.1 Å². The van der Waals surface area contributed by atoms with Crippen LogP contribution in [0.3, 0.4) is 0 Å². The fraction of sp³-hybridized carbons (Fsp3) is 0.750. The first kappa shape index (κ1) is 16.8. The van der Waals surface area contributed by atoms with Crippen LogP contribution in [0.25, 0.3) is 0 Å². The molecule has 1 fully saturated rings. The third kappa shape index (κ3) is 4.73. The number of carbonyl (C=O) groups excluding carboxylic acids is 1. The Morgan fingerprint density at radius 1 is 1.55 bits per heavy atom. The van der Waals surface area contributed by atoms with Crippen LogP contribution < -0.4 is 5.32 Å². The SMILES string of the molecule is Cc1nccn1CCCCNC(=O)N1CCCC(C(C)O)C1. The molecule has 1 aromatic heterocycles. The van der Waals surface area contributed by atoms with Crippen LogP contribution >= 0.6 is 0 Å². The zero-order valence-electron chi connectivity index (χ0n) is 13.7. The number of nitrogens with zero attached hydrogens (tertiary/aromatic N) is 3. The molecule has 2 unspecified atom stereocenters. The maximum absolute atomic E-state index is 12.1. The molecule has 0 aliphatic carbocycles. The molecule has 2 N–H and O–H groups in total. The Bertz CT molecular complexity index is 472. The molecule has 2 atom stereocenters.